The maximum absolute atomic E-state index is 11.0. The molecule has 7 heteroatoms. The Labute approximate surface area is 142 Å². The van der Waals surface area contributed by atoms with Gasteiger partial charge in [-0.25, -0.2) is 4.99 Å². The Kier molecular flexibility index (Phi) is 4.43. The molecular weight excluding hydrogens is 326 g/mol. The maximum atomic E-state index is 11.0. The monoisotopic (exact) mass is 341 g/mol. The summed E-state index contributed by atoms with van der Waals surface area (Å²) in [6.45, 7) is 2.70. The minimum Gasteiger partial charge on any atom is -0.508 e. The van der Waals surface area contributed by atoms with Crippen molar-refractivity contribution in [1.82, 2.24) is 4.57 Å². The second-order valence-corrected chi connectivity index (χ2v) is 5.92. The van der Waals surface area contributed by atoms with Gasteiger partial charge in [0.05, 0.1) is 16.3 Å². The van der Waals surface area contributed by atoms with Gasteiger partial charge in [-0.3, -0.25) is 10.1 Å². The van der Waals surface area contributed by atoms with Crippen molar-refractivity contribution >= 4 is 22.7 Å². The highest BCUT2D eigenvalue weighted by Gasteiger charge is 2.11. The van der Waals surface area contributed by atoms with Crippen LogP contribution in [0.25, 0.3) is 11.3 Å². The average molecular weight is 341 g/mol. The summed E-state index contributed by atoms with van der Waals surface area (Å²) in [6.07, 6.45) is 0. The summed E-state index contributed by atoms with van der Waals surface area (Å²) >= 11 is 1.47. The molecule has 0 radical (unpaired) electrons. The van der Waals surface area contributed by atoms with Crippen molar-refractivity contribution in [1.29, 1.82) is 0 Å². The number of aromatic hydroxyl groups is 1. The van der Waals surface area contributed by atoms with Crippen LogP contribution in [-0.4, -0.2) is 14.6 Å². The number of aromatic nitrogens is 1. The Balaban J connectivity index is 2.08. The Hall–Kier alpha value is -2.93. The largest absolute Gasteiger partial charge is 0.508 e. The summed E-state index contributed by atoms with van der Waals surface area (Å²) in [6, 6.07) is 13.2. The van der Waals surface area contributed by atoms with Crippen molar-refractivity contribution < 1.29 is 10.0 Å². The van der Waals surface area contributed by atoms with E-state index in [2.05, 4.69) is 4.99 Å². The molecule has 0 aliphatic carbocycles. The fourth-order valence-corrected chi connectivity index (χ4v) is 3.36. The quantitative estimate of drug-likeness (QED) is 0.573. The molecule has 0 spiro atoms. The van der Waals surface area contributed by atoms with E-state index in [0.29, 0.717) is 6.54 Å². The average Bonchev–Trinajstić information content (AvgIpc) is 2.99. The summed E-state index contributed by atoms with van der Waals surface area (Å²) in [7, 11) is 0. The number of benzene rings is 2. The van der Waals surface area contributed by atoms with Crippen LogP contribution in [0.5, 0.6) is 5.75 Å². The van der Waals surface area contributed by atoms with E-state index < -0.39 is 4.92 Å². The lowest BCUT2D eigenvalue weighted by atomic mass is 10.1. The first-order valence-corrected chi connectivity index (χ1v) is 8.23. The van der Waals surface area contributed by atoms with Gasteiger partial charge in [-0.05, 0) is 31.2 Å². The topological polar surface area (TPSA) is 80.7 Å². The summed E-state index contributed by atoms with van der Waals surface area (Å²) in [4.78, 5) is 16.0. The molecule has 0 saturated heterocycles. The zero-order valence-electron chi connectivity index (χ0n) is 12.9. The number of rotatable bonds is 4. The lowest BCUT2D eigenvalue weighted by molar-refractivity contribution is -0.384. The lowest BCUT2D eigenvalue weighted by Crippen LogP contribution is -2.14. The van der Waals surface area contributed by atoms with Gasteiger partial charge >= 0.3 is 0 Å². The number of thiazole rings is 1. The first-order valence-electron chi connectivity index (χ1n) is 7.35. The molecule has 0 fully saturated rings. The number of nitro benzene ring substituents is 1. The van der Waals surface area contributed by atoms with E-state index in [0.717, 1.165) is 21.7 Å². The van der Waals surface area contributed by atoms with Crippen LogP contribution in [0, 0.1) is 10.1 Å². The molecule has 1 heterocycles. The zero-order valence-corrected chi connectivity index (χ0v) is 13.7. The van der Waals surface area contributed by atoms with Gasteiger partial charge in [-0.1, -0.05) is 12.1 Å². The fourth-order valence-electron chi connectivity index (χ4n) is 2.37. The molecule has 1 N–H and O–H groups in total. The Morgan fingerprint density at radius 2 is 2.00 bits per heavy atom. The molecule has 1 aromatic heterocycles. The Bertz CT molecular complexity index is 942. The van der Waals surface area contributed by atoms with E-state index in [4.69, 9.17) is 0 Å². The van der Waals surface area contributed by atoms with Gasteiger partial charge in [0.25, 0.3) is 5.69 Å². The fraction of sp³-hybridized carbons (Fsp3) is 0.118. The zero-order chi connectivity index (χ0) is 17.1. The van der Waals surface area contributed by atoms with E-state index in [-0.39, 0.29) is 11.4 Å². The molecule has 0 amide bonds. The van der Waals surface area contributed by atoms with Crippen LogP contribution in [0.3, 0.4) is 0 Å². The summed E-state index contributed by atoms with van der Waals surface area (Å²) in [5.74, 6) is 0.195. The van der Waals surface area contributed by atoms with Gasteiger partial charge < -0.3 is 9.67 Å². The summed E-state index contributed by atoms with van der Waals surface area (Å²) in [5, 5.41) is 22.3. The predicted octanol–water partition coefficient (Wildman–Crippen LogP) is 4.08. The second-order valence-electron chi connectivity index (χ2n) is 5.08. The number of hydrogen-bond acceptors (Lipinski definition) is 5. The lowest BCUT2D eigenvalue weighted by Gasteiger charge is -2.06. The van der Waals surface area contributed by atoms with Gasteiger partial charge in [0.15, 0.2) is 4.80 Å². The van der Waals surface area contributed by atoms with Crippen LogP contribution in [0.2, 0.25) is 0 Å². The molecule has 3 aromatic rings. The minimum absolute atomic E-state index is 0.0679. The van der Waals surface area contributed by atoms with Crippen molar-refractivity contribution in [2.45, 2.75) is 13.5 Å². The number of phenolic OH excluding ortho intramolecular Hbond substituents is 1. The van der Waals surface area contributed by atoms with Gasteiger partial charge in [-0.2, -0.15) is 0 Å². The third-order valence-corrected chi connectivity index (χ3v) is 4.40. The summed E-state index contributed by atoms with van der Waals surface area (Å²) in [5.41, 5.74) is 2.49. The highest BCUT2D eigenvalue weighted by Crippen LogP contribution is 2.25. The molecule has 122 valence electrons. The van der Waals surface area contributed by atoms with Crippen molar-refractivity contribution in [3.8, 4) is 17.0 Å². The second kappa shape index (κ2) is 6.67. The predicted molar refractivity (Wildman–Crippen MR) is 93.4 cm³/mol. The maximum Gasteiger partial charge on any atom is 0.270 e. The number of phenols is 1. The normalized spacial score (nSPS) is 11.6. The molecular formula is C17H15N3O3S. The Morgan fingerprint density at radius 3 is 2.67 bits per heavy atom. The SMILES string of the molecule is CCn1c(-c2cccc([N+](=O)[O-])c2)csc1=Nc1ccc(O)cc1. The van der Waals surface area contributed by atoms with Crippen LogP contribution in [0.15, 0.2) is 58.9 Å². The van der Waals surface area contributed by atoms with E-state index >= 15 is 0 Å². The van der Waals surface area contributed by atoms with E-state index in [1.54, 1.807) is 36.4 Å². The highest BCUT2D eigenvalue weighted by atomic mass is 32.1. The molecule has 0 bridgehead atoms. The summed E-state index contributed by atoms with van der Waals surface area (Å²) < 4.78 is 2.01. The van der Waals surface area contributed by atoms with Crippen molar-refractivity contribution in [2.75, 3.05) is 0 Å². The van der Waals surface area contributed by atoms with Gasteiger partial charge in [0.2, 0.25) is 0 Å². The first-order chi connectivity index (χ1) is 11.6. The molecule has 0 unspecified atom stereocenters. The van der Waals surface area contributed by atoms with E-state index in [1.807, 2.05) is 22.9 Å². The molecule has 2 aromatic carbocycles. The van der Waals surface area contributed by atoms with Crippen molar-refractivity contribution in [3.63, 3.8) is 0 Å². The van der Waals surface area contributed by atoms with Crippen LogP contribution in [0.1, 0.15) is 6.92 Å². The van der Waals surface area contributed by atoms with Gasteiger partial charge in [0, 0.05) is 29.6 Å². The first kappa shape index (κ1) is 15.9. The number of non-ortho nitro benzene ring substituents is 1. The van der Waals surface area contributed by atoms with Crippen LogP contribution in [0.4, 0.5) is 11.4 Å². The molecule has 0 saturated carbocycles. The minimum atomic E-state index is -0.395. The molecule has 24 heavy (non-hydrogen) atoms. The standard InChI is InChI=1S/C17H15N3O3S/c1-2-19-16(12-4-3-5-14(10-12)20(22)23)11-24-17(19)18-13-6-8-15(21)9-7-13/h3-11,21H,2H2,1H3. The number of hydrogen-bond donors (Lipinski definition) is 1. The molecule has 6 nitrogen and oxygen atoms in total. The van der Waals surface area contributed by atoms with Crippen LogP contribution >= 0.6 is 11.3 Å². The smallest absolute Gasteiger partial charge is 0.270 e. The van der Waals surface area contributed by atoms with Crippen molar-refractivity contribution in [3.05, 3.63) is 68.8 Å². The highest BCUT2D eigenvalue weighted by molar-refractivity contribution is 7.07. The molecule has 0 atom stereocenters. The van der Waals surface area contributed by atoms with Crippen LogP contribution in [-0.2, 0) is 6.54 Å². The van der Waals surface area contributed by atoms with E-state index in [9.17, 15) is 15.2 Å². The van der Waals surface area contributed by atoms with Crippen LogP contribution < -0.4 is 4.80 Å². The third kappa shape index (κ3) is 3.21. The third-order valence-electron chi connectivity index (χ3n) is 3.54. The Morgan fingerprint density at radius 1 is 1.25 bits per heavy atom. The van der Waals surface area contributed by atoms with Crippen molar-refractivity contribution in [2.24, 2.45) is 4.99 Å². The van der Waals surface area contributed by atoms with Gasteiger partial charge in [0.1, 0.15) is 5.75 Å². The number of nitro groups is 1. The number of nitrogens with zero attached hydrogens (tertiary/aromatic N) is 3. The molecule has 0 aliphatic rings. The molecule has 0 aliphatic heterocycles. The van der Waals surface area contributed by atoms with Gasteiger partial charge in [-0.15, -0.1) is 11.3 Å². The molecule has 3 rings (SSSR count). The van der Waals surface area contributed by atoms with E-state index in [1.165, 1.54) is 17.4 Å².